The number of aliphatic carboxylic acids is 1. The van der Waals surface area contributed by atoms with Crippen molar-refractivity contribution in [3.05, 3.63) is 53.6 Å². The molecule has 0 aromatic heterocycles. The number of anilines is 1. The average molecular weight is 339 g/mol. The van der Waals surface area contributed by atoms with Crippen molar-refractivity contribution in [2.45, 2.75) is 12.3 Å². The number of hydrogen-bond donors (Lipinski definition) is 1. The maximum atomic E-state index is 12.9. The van der Waals surface area contributed by atoms with Crippen LogP contribution in [-0.2, 0) is 16.0 Å². The van der Waals surface area contributed by atoms with Gasteiger partial charge in [-0.15, -0.1) is 0 Å². The number of hydrogen-bond acceptors (Lipinski definition) is 4. The van der Waals surface area contributed by atoms with E-state index in [4.69, 9.17) is 9.47 Å². The van der Waals surface area contributed by atoms with Crippen LogP contribution in [0.5, 0.6) is 11.5 Å². The van der Waals surface area contributed by atoms with Crippen LogP contribution in [0, 0.1) is 5.92 Å². The number of carbonyl (C=O) groups excluding carboxylic acids is 1. The number of rotatable bonds is 2. The normalized spacial score (nSPS) is 21.6. The first-order valence-corrected chi connectivity index (χ1v) is 8.04. The molecule has 2 aliphatic heterocycles. The van der Waals surface area contributed by atoms with E-state index >= 15 is 0 Å². The lowest BCUT2D eigenvalue weighted by Gasteiger charge is -2.23. The molecule has 2 aromatic rings. The Labute approximate surface area is 144 Å². The number of fused-ring (bicyclic) bond motifs is 2. The number of nitrogens with zero attached hydrogens (tertiary/aromatic N) is 1. The standard InChI is InChI=1S/C19H17NO5/c1-20-14-5-3-2-4-12(14)8-13(17(18(20)21)19(22)23)11-6-7-15-16(9-11)25-10-24-15/h2-7,9,13,17H,8,10H2,1H3,(H,22,23)/t13-,17-/m1/s1. The Hall–Kier alpha value is -3.02. The van der Waals surface area contributed by atoms with Crippen molar-refractivity contribution >= 4 is 17.6 Å². The largest absolute Gasteiger partial charge is 0.481 e. The summed E-state index contributed by atoms with van der Waals surface area (Å²) in [7, 11) is 1.62. The second-order valence-corrected chi connectivity index (χ2v) is 6.27. The summed E-state index contributed by atoms with van der Waals surface area (Å²) in [4.78, 5) is 26.2. The van der Waals surface area contributed by atoms with E-state index in [2.05, 4.69) is 0 Å². The smallest absolute Gasteiger partial charge is 0.316 e. The van der Waals surface area contributed by atoms with E-state index in [0.29, 0.717) is 17.9 Å². The quantitative estimate of drug-likeness (QED) is 0.851. The Morgan fingerprint density at radius 2 is 1.92 bits per heavy atom. The molecular weight excluding hydrogens is 322 g/mol. The van der Waals surface area contributed by atoms with Gasteiger partial charge in [-0.3, -0.25) is 9.59 Å². The molecule has 2 atom stereocenters. The molecule has 2 aliphatic rings. The molecule has 25 heavy (non-hydrogen) atoms. The van der Waals surface area contributed by atoms with Crippen LogP contribution in [0.15, 0.2) is 42.5 Å². The molecule has 6 heteroatoms. The van der Waals surface area contributed by atoms with Crippen molar-refractivity contribution in [3.8, 4) is 11.5 Å². The van der Waals surface area contributed by atoms with Crippen LogP contribution in [-0.4, -0.2) is 30.8 Å². The van der Waals surface area contributed by atoms with Crippen LogP contribution in [0.1, 0.15) is 17.0 Å². The Balaban J connectivity index is 1.83. The predicted molar refractivity (Wildman–Crippen MR) is 90.0 cm³/mol. The number of carboxylic acids is 1. The minimum absolute atomic E-state index is 0.149. The van der Waals surface area contributed by atoms with Gasteiger partial charge in [0.1, 0.15) is 5.92 Å². The zero-order valence-electron chi connectivity index (χ0n) is 13.6. The third-order valence-corrected chi connectivity index (χ3v) is 4.88. The van der Waals surface area contributed by atoms with Gasteiger partial charge in [0, 0.05) is 18.7 Å². The summed E-state index contributed by atoms with van der Waals surface area (Å²) in [5.41, 5.74) is 2.46. The molecule has 2 heterocycles. The molecule has 0 saturated carbocycles. The number of amides is 1. The van der Waals surface area contributed by atoms with Gasteiger partial charge in [-0.2, -0.15) is 0 Å². The van der Waals surface area contributed by atoms with Gasteiger partial charge in [0.25, 0.3) is 0 Å². The first-order chi connectivity index (χ1) is 12.1. The van der Waals surface area contributed by atoms with Gasteiger partial charge in [-0.05, 0) is 35.7 Å². The zero-order valence-corrected chi connectivity index (χ0v) is 13.6. The summed E-state index contributed by atoms with van der Waals surface area (Å²) in [6.07, 6.45) is 0.461. The maximum Gasteiger partial charge on any atom is 0.316 e. The molecule has 0 bridgehead atoms. The highest BCUT2D eigenvalue weighted by Gasteiger charge is 2.41. The minimum Gasteiger partial charge on any atom is -0.481 e. The molecule has 0 spiro atoms. The monoisotopic (exact) mass is 339 g/mol. The molecular formula is C19H17NO5. The van der Waals surface area contributed by atoms with Gasteiger partial charge in [-0.25, -0.2) is 0 Å². The van der Waals surface area contributed by atoms with Gasteiger partial charge in [0.05, 0.1) is 0 Å². The van der Waals surface area contributed by atoms with Gasteiger partial charge >= 0.3 is 5.97 Å². The number of carbonyl (C=O) groups is 2. The molecule has 1 N–H and O–H groups in total. The first-order valence-electron chi connectivity index (χ1n) is 8.04. The van der Waals surface area contributed by atoms with Crippen molar-refractivity contribution in [1.82, 2.24) is 0 Å². The van der Waals surface area contributed by atoms with Crippen LogP contribution < -0.4 is 14.4 Å². The van der Waals surface area contributed by atoms with Crippen molar-refractivity contribution in [1.29, 1.82) is 0 Å². The fourth-order valence-electron chi connectivity index (χ4n) is 3.60. The second kappa shape index (κ2) is 5.81. The lowest BCUT2D eigenvalue weighted by Crippen LogP contribution is -2.39. The molecule has 1 amide bonds. The highest BCUT2D eigenvalue weighted by Crippen LogP contribution is 2.41. The van der Waals surface area contributed by atoms with Crippen molar-refractivity contribution < 1.29 is 24.2 Å². The maximum absolute atomic E-state index is 12.9. The van der Waals surface area contributed by atoms with E-state index in [0.717, 1.165) is 16.8 Å². The van der Waals surface area contributed by atoms with Gasteiger partial charge in [0.2, 0.25) is 12.7 Å². The molecule has 0 aliphatic carbocycles. The molecule has 4 rings (SSSR count). The molecule has 0 radical (unpaired) electrons. The molecule has 0 saturated heterocycles. The zero-order chi connectivity index (χ0) is 17.6. The third kappa shape index (κ3) is 2.50. The van der Waals surface area contributed by atoms with Crippen LogP contribution >= 0.6 is 0 Å². The van der Waals surface area contributed by atoms with Crippen molar-refractivity contribution in [2.24, 2.45) is 5.92 Å². The fourth-order valence-corrected chi connectivity index (χ4v) is 3.60. The third-order valence-electron chi connectivity index (χ3n) is 4.88. The number of carboxylic acid groups (broad SMARTS) is 1. The Morgan fingerprint density at radius 1 is 1.16 bits per heavy atom. The van der Waals surface area contributed by atoms with E-state index in [1.807, 2.05) is 30.3 Å². The SMILES string of the molecule is CN1C(=O)[C@H](C(=O)O)[C@@H](c2ccc3c(c2)OCO3)Cc2ccccc21. The summed E-state index contributed by atoms with van der Waals surface area (Å²) in [6.45, 7) is 0.149. The van der Waals surface area contributed by atoms with Crippen LogP contribution in [0.2, 0.25) is 0 Å². The van der Waals surface area contributed by atoms with Crippen LogP contribution in [0.4, 0.5) is 5.69 Å². The van der Waals surface area contributed by atoms with Crippen LogP contribution in [0.3, 0.4) is 0 Å². The number of benzene rings is 2. The molecule has 6 nitrogen and oxygen atoms in total. The topological polar surface area (TPSA) is 76.1 Å². The summed E-state index contributed by atoms with van der Waals surface area (Å²) >= 11 is 0. The first kappa shape index (κ1) is 15.5. The van der Waals surface area contributed by atoms with Gasteiger partial charge in [0.15, 0.2) is 11.5 Å². The summed E-state index contributed by atoms with van der Waals surface area (Å²) in [6, 6.07) is 12.9. The Morgan fingerprint density at radius 3 is 2.72 bits per heavy atom. The molecule has 0 fully saturated rings. The van der Waals surface area contributed by atoms with Gasteiger partial charge < -0.3 is 19.5 Å². The van der Waals surface area contributed by atoms with E-state index < -0.39 is 23.7 Å². The van der Waals surface area contributed by atoms with E-state index in [9.17, 15) is 14.7 Å². The van der Waals surface area contributed by atoms with Crippen LogP contribution in [0.25, 0.3) is 0 Å². The summed E-state index contributed by atoms with van der Waals surface area (Å²) in [5.74, 6) is -1.95. The predicted octanol–water partition coefficient (Wildman–Crippen LogP) is 2.42. The lowest BCUT2D eigenvalue weighted by atomic mass is 9.81. The van der Waals surface area contributed by atoms with Crippen molar-refractivity contribution in [2.75, 3.05) is 18.7 Å². The van der Waals surface area contributed by atoms with E-state index in [-0.39, 0.29) is 6.79 Å². The average Bonchev–Trinajstić information content (AvgIpc) is 3.04. The highest BCUT2D eigenvalue weighted by molar-refractivity contribution is 6.07. The number of ether oxygens (including phenoxy) is 2. The molecule has 0 unspecified atom stereocenters. The van der Waals surface area contributed by atoms with E-state index in [1.165, 1.54) is 4.90 Å². The summed E-state index contributed by atoms with van der Waals surface area (Å²) in [5, 5.41) is 9.75. The fraction of sp³-hybridized carbons (Fsp3) is 0.263. The Bertz CT molecular complexity index is 863. The van der Waals surface area contributed by atoms with E-state index in [1.54, 1.807) is 19.2 Å². The lowest BCUT2D eigenvalue weighted by molar-refractivity contribution is -0.147. The summed E-state index contributed by atoms with van der Waals surface area (Å²) < 4.78 is 10.7. The Kier molecular flexibility index (Phi) is 3.60. The molecule has 2 aromatic carbocycles. The molecule has 128 valence electrons. The number of para-hydroxylation sites is 1. The van der Waals surface area contributed by atoms with Crippen molar-refractivity contribution in [3.63, 3.8) is 0 Å². The van der Waals surface area contributed by atoms with Gasteiger partial charge in [-0.1, -0.05) is 24.3 Å². The highest BCUT2D eigenvalue weighted by atomic mass is 16.7. The second-order valence-electron chi connectivity index (χ2n) is 6.27. The minimum atomic E-state index is -1.15.